The minimum absolute atomic E-state index is 0.0395. The molecule has 24 heavy (non-hydrogen) atoms. The van der Waals surface area contributed by atoms with Crippen LogP contribution >= 0.6 is 0 Å². The molecule has 1 N–H and O–H groups in total. The Morgan fingerprint density at radius 3 is 2.21 bits per heavy atom. The summed E-state index contributed by atoms with van der Waals surface area (Å²) in [6, 6.07) is 10.2. The Kier molecular flexibility index (Phi) is 3.92. The van der Waals surface area contributed by atoms with Crippen LogP contribution in [0.5, 0.6) is 0 Å². The smallest absolute Gasteiger partial charge is 0.310 e. The van der Waals surface area contributed by atoms with Gasteiger partial charge in [-0.05, 0) is 25.0 Å². The second-order valence-corrected chi connectivity index (χ2v) is 6.83. The van der Waals surface area contributed by atoms with Gasteiger partial charge < -0.3 is 19.6 Å². The number of hydrogen-bond acceptors (Lipinski definition) is 4. The zero-order chi connectivity index (χ0) is 16.7. The van der Waals surface area contributed by atoms with Crippen LogP contribution < -0.4 is 4.90 Å². The number of ether oxygens (including phenoxy) is 1. The number of benzene rings is 1. The van der Waals surface area contributed by atoms with Gasteiger partial charge >= 0.3 is 5.97 Å². The first kappa shape index (κ1) is 15.4. The summed E-state index contributed by atoms with van der Waals surface area (Å²) < 4.78 is 5.72. The Hall–Kier alpha value is -2.08. The highest BCUT2D eigenvalue weighted by Crippen LogP contribution is 2.44. The number of amides is 1. The number of hydrogen-bond donors (Lipinski definition) is 1. The van der Waals surface area contributed by atoms with Crippen molar-refractivity contribution in [1.82, 2.24) is 4.90 Å². The molecule has 3 fully saturated rings. The quantitative estimate of drug-likeness (QED) is 0.902. The van der Waals surface area contributed by atoms with Crippen molar-refractivity contribution >= 4 is 17.6 Å². The third-order valence-electron chi connectivity index (χ3n) is 5.56. The molecule has 3 aliphatic rings. The molecule has 0 unspecified atom stereocenters. The standard InChI is InChI=1S/C18H22N2O4/c21-17(15-13-6-7-14(24-13)16(15)18(22)23)20-10-8-19(9-11-20)12-4-2-1-3-5-12/h1-5,13-16H,6-11H2,(H,22,23)/t13-,14+,15+,16-/m1/s1. The van der Waals surface area contributed by atoms with Crippen molar-refractivity contribution in [2.75, 3.05) is 31.1 Å². The zero-order valence-electron chi connectivity index (χ0n) is 13.5. The van der Waals surface area contributed by atoms with Gasteiger partial charge in [0.25, 0.3) is 0 Å². The average molecular weight is 330 g/mol. The molecule has 1 aromatic rings. The highest BCUT2D eigenvalue weighted by atomic mass is 16.5. The SMILES string of the molecule is O=C(O)[C@H]1[C@@H](C(=O)N2CCN(c3ccccc3)CC2)[C@H]2CC[C@@H]1O2. The van der Waals surface area contributed by atoms with Crippen molar-refractivity contribution in [3.05, 3.63) is 30.3 Å². The summed E-state index contributed by atoms with van der Waals surface area (Å²) in [7, 11) is 0. The first-order valence-corrected chi connectivity index (χ1v) is 8.62. The van der Waals surface area contributed by atoms with E-state index in [1.165, 1.54) is 0 Å². The maximum absolute atomic E-state index is 12.9. The summed E-state index contributed by atoms with van der Waals surface area (Å²) >= 11 is 0. The predicted molar refractivity (Wildman–Crippen MR) is 87.7 cm³/mol. The van der Waals surface area contributed by atoms with E-state index in [1.54, 1.807) is 0 Å². The van der Waals surface area contributed by atoms with E-state index < -0.39 is 17.8 Å². The molecular formula is C18H22N2O4. The molecule has 2 bridgehead atoms. The Morgan fingerprint density at radius 1 is 0.958 bits per heavy atom. The molecule has 3 saturated heterocycles. The summed E-state index contributed by atoms with van der Waals surface area (Å²) in [4.78, 5) is 28.6. The van der Waals surface area contributed by atoms with Crippen molar-refractivity contribution in [1.29, 1.82) is 0 Å². The maximum Gasteiger partial charge on any atom is 0.310 e. The van der Waals surface area contributed by atoms with Gasteiger partial charge in [-0.2, -0.15) is 0 Å². The van der Waals surface area contributed by atoms with E-state index in [0.29, 0.717) is 13.1 Å². The first-order chi connectivity index (χ1) is 11.6. The fourth-order valence-electron chi connectivity index (χ4n) is 4.34. The number of carboxylic acid groups (broad SMARTS) is 1. The lowest BCUT2D eigenvalue weighted by atomic mass is 9.78. The minimum Gasteiger partial charge on any atom is -0.481 e. The number of carboxylic acids is 1. The molecule has 0 radical (unpaired) electrons. The number of piperazine rings is 1. The van der Waals surface area contributed by atoms with Gasteiger partial charge in [0.2, 0.25) is 5.91 Å². The minimum atomic E-state index is -0.900. The molecule has 6 heteroatoms. The Balaban J connectivity index is 1.42. The summed E-state index contributed by atoms with van der Waals surface area (Å²) in [5.74, 6) is -2.13. The Bertz CT molecular complexity index is 627. The number of fused-ring (bicyclic) bond motifs is 2. The lowest BCUT2D eigenvalue weighted by Crippen LogP contribution is -2.53. The molecule has 1 amide bonds. The zero-order valence-corrected chi connectivity index (χ0v) is 13.5. The lowest BCUT2D eigenvalue weighted by Gasteiger charge is -2.38. The predicted octanol–water partition coefficient (Wildman–Crippen LogP) is 1.21. The van der Waals surface area contributed by atoms with Gasteiger partial charge in [0.05, 0.1) is 24.0 Å². The van der Waals surface area contributed by atoms with Crippen molar-refractivity contribution in [3.63, 3.8) is 0 Å². The van der Waals surface area contributed by atoms with Crippen LogP contribution in [0.2, 0.25) is 0 Å². The summed E-state index contributed by atoms with van der Waals surface area (Å²) in [5, 5.41) is 9.48. The van der Waals surface area contributed by atoms with E-state index in [1.807, 2.05) is 23.1 Å². The second kappa shape index (κ2) is 6.09. The van der Waals surface area contributed by atoms with E-state index in [9.17, 15) is 14.7 Å². The van der Waals surface area contributed by atoms with Gasteiger partial charge in [-0.3, -0.25) is 9.59 Å². The van der Waals surface area contributed by atoms with Gasteiger partial charge in [-0.1, -0.05) is 18.2 Å². The van der Waals surface area contributed by atoms with E-state index in [2.05, 4.69) is 17.0 Å². The van der Waals surface area contributed by atoms with Gasteiger partial charge in [0.15, 0.2) is 0 Å². The number of carbonyl (C=O) groups is 2. The third kappa shape index (κ3) is 2.55. The number of para-hydroxylation sites is 1. The number of anilines is 1. The van der Waals surface area contributed by atoms with Crippen molar-refractivity contribution in [2.24, 2.45) is 11.8 Å². The number of nitrogens with zero attached hydrogens (tertiary/aromatic N) is 2. The Morgan fingerprint density at radius 2 is 1.58 bits per heavy atom. The van der Waals surface area contributed by atoms with Crippen LogP contribution in [-0.4, -0.2) is 60.3 Å². The average Bonchev–Trinajstić information content (AvgIpc) is 3.23. The van der Waals surface area contributed by atoms with Crippen LogP contribution in [0, 0.1) is 11.8 Å². The van der Waals surface area contributed by atoms with E-state index in [0.717, 1.165) is 31.6 Å². The molecule has 0 spiro atoms. The van der Waals surface area contributed by atoms with Crippen LogP contribution in [0.15, 0.2) is 30.3 Å². The number of aliphatic carboxylic acids is 1. The van der Waals surface area contributed by atoms with E-state index >= 15 is 0 Å². The van der Waals surface area contributed by atoms with Crippen LogP contribution in [-0.2, 0) is 14.3 Å². The van der Waals surface area contributed by atoms with Gasteiger partial charge in [0.1, 0.15) is 0 Å². The normalized spacial score (nSPS) is 32.2. The highest BCUT2D eigenvalue weighted by Gasteiger charge is 2.56. The highest BCUT2D eigenvalue weighted by molar-refractivity contribution is 5.86. The topological polar surface area (TPSA) is 70.1 Å². The molecule has 6 nitrogen and oxygen atoms in total. The van der Waals surface area contributed by atoms with Crippen LogP contribution in [0.3, 0.4) is 0 Å². The molecule has 4 rings (SSSR count). The molecule has 128 valence electrons. The Labute approximate surface area is 141 Å². The van der Waals surface area contributed by atoms with E-state index in [-0.39, 0.29) is 18.1 Å². The third-order valence-corrected chi connectivity index (χ3v) is 5.56. The van der Waals surface area contributed by atoms with Crippen LogP contribution in [0.25, 0.3) is 0 Å². The molecular weight excluding hydrogens is 308 g/mol. The monoisotopic (exact) mass is 330 g/mol. The van der Waals surface area contributed by atoms with Gasteiger partial charge in [-0.25, -0.2) is 0 Å². The fraction of sp³-hybridized carbons (Fsp3) is 0.556. The molecule has 0 aromatic heterocycles. The second-order valence-electron chi connectivity index (χ2n) is 6.83. The summed E-state index contributed by atoms with van der Waals surface area (Å²) in [6.07, 6.45) is 1.06. The van der Waals surface area contributed by atoms with Gasteiger partial charge in [0, 0.05) is 31.9 Å². The molecule has 3 heterocycles. The summed E-state index contributed by atoms with van der Waals surface area (Å²) in [6.45, 7) is 2.81. The van der Waals surface area contributed by atoms with Crippen LogP contribution in [0.1, 0.15) is 12.8 Å². The van der Waals surface area contributed by atoms with E-state index in [4.69, 9.17) is 4.74 Å². The number of rotatable bonds is 3. The van der Waals surface area contributed by atoms with Crippen LogP contribution in [0.4, 0.5) is 5.69 Å². The molecule has 4 atom stereocenters. The maximum atomic E-state index is 12.9. The molecule has 0 aliphatic carbocycles. The number of carbonyl (C=O) groups excluding carboxylic acids is 1. The molecule has 1 aromatic carbocycles. The molecule has 3 aliphatic heterocycles. The lowest BCUT2D eigenvalue weighted by molar-refractivity contribution is -0.151. The van der Waals surface area contributed by atoms with Crippen molar-refractivity contribution < 1.29 is 19.4 Å². The van der Waals surface area contributed by atoms with Crippen molar-refractivity contribution in [2.45, 2.75) is 25.0 Å². The largest absolute Gasteiger partial charge is 0.481 e. The summed E-state index contributed by atoms with van der Waals surface area (Å²) in [5.41, 5.74) is 1.16. The van der Waals surface area contributed by atoms with Crippen molar-refractivity contribution in [3.8, 4) is 0 Å². The molecule has 0 saturated carbocycles. The van der Waals surface area contributed by atoms with Gasteiger partial charge in [-0.15, -0.1) is 0 Å². The fourth-order valence-corrected chi connectivity index (χ4v) is 4.34. The first-order valence-electron chi connectivity index (χ1n) is 8.62.